The highest BCUT2D eigenvalue weighted by molar-refractivity contribution is 6.07. The van der Waals surface area contributed by atoms with Gasteiger partial charge in [0.05, 0.1) is 29.7 Å². The summed E-state index contributed by atoms with van der Waals surface area (Å²) in [6.07, 6.45) is 6.11. The number of carbonyl (C=O) groups is 1. The first-order valence-corrected chi connectivity index (χ1v) is 10.4. The van der Waals surface area contributed by atoms with Gasteiger partial charge in [0, 0.05) is 23.7 Å². The standard InChI is InChI=1S/C23H21FN8O2/c24-16-6-2-1-4-13(16)10-28-17-7-3-5-14(17)20(25)22-29-12-19(33)21(31-22)30-18-8-9-27-11-15(18)23(34)32-26/h1-2,4,6,8-9,11-12,26,33H,3,5,7,10,25H2,(H,27,29,30,31). The average Bonchev–Trinajstić information content (AvgIpc) is 3.33. The Bertz CT molecular complexity index is 1320. The minimum absolute atomic E-state index is 0.0154. The van der Waals surface area contributed by atoms with Gasteiger partial charge in [-0.2, -0.15) is 0 Å². The molecule has 5 N–H and O–H groups in total. The molecular formula is C23H21FN8O2. The zero-order valence-electron chi connectivity index (χ0n) is 18.0. The number of anilines is 2. The number of hydrogen-bond donors (Lipinski definition) is 4. The van der Waals surface area contributed by atoms with Crippen LogP contribution in [0.15, 0.2) is 64.6 Å². The molecule has 0 atom stereocenters. The molecule has 0 unspecified atom stereocenters. The summed E-state index contributed by atoms with van der Waals surface area (Å²) < 4.78 is 13.9. The van der Waals surface area contributed by atoms with Crippen molar-refractivity contribution < 1.29 is 14.3 Å². The second kappa shape index (κ2) is 9.94. The summed E-state index contributed by atoms with van der Waals surface area (Å²) in [5.41, 5.74) is 16.0. The van der Waals surface area contributed by atoms with Gasteiger partial charge in [-0.1, -0.05) is 18.2 Å². The van der Waals surface area contributed by atoms with Crippen LogP contribution in [0.1, 0.15) is 41.0 Å². The van der Waals surface area contributed by atoms with Crippen molar-refractivity contribution in [3.63, 3.8) is 0 Å². The molecule has 1 amide bonds. The number of nitrogens with one attached hydrogen (secondary N) is 2. The fraction of sp³-hybridized carbons (Fsp3) is 0.174. The second-order valence-corrected chi connectivity index (χ2v) is 7.49. The second-order valence-electron chi connectivity index (χ2n) is 7.49. The first-order chi connectivity index (χ1) is 16.5. The summed E-state index contributed by atoms with van der Waals surface area (Å²) >= 11 is 0. The van der Waals surface area contributed by atoms with Gasteiger partial charge in [0.15, 0.2) is 17.4 Å². The van der Waals surface area contributed by atoms with Gasteiger partial charge in [-0.25, -0.2) is 19.9 Å². The van der Waals surface area contributed by atoms with Gasteiger partial charge in [-0.3, -0.25) is 14.8 Å². The number of halogens is 1. The number of pyridine rings is 1. The Kier molecular flexibility index (Phi) is 6.62. The smallest absolute Gasteiger partial charge is 0.298 e. The third-order valence-electron chi connectivity index (χ3n) is 5.33. The van der Waals surface area contributed by atoms with Gasteiger partial charge in [0.2, 0.25) is 0 Å². The van der Waals surface area contributed by atoms with Crippen LogP contribution in [-0.2, 0) is 6.54 Å². The van der Waals surface area contributed by atoms with E-state index in [1.54, 1.807) is 18.2 Å². The fourth-order valence-electron chi connectivity index (χ4n) is 3.59. The molecule has 4 rings (SSSR count). The summed E-state index contributed by atoms with van der Waals surface area (Å²) in [5.74, 6) is -1.19. The van der Waals surface area contributed by atoms with Crippen LogP contribution in [0.25, 0.3) is 5.70 Å². The van der Waals surface area contributed by atoms with Gasteiger partial charge >= 0.3 is 0 Å². The molecule has 1 aliphatic rings. The Morgan fingerprint density at radius 1 is 1.24 bits per heavy atom. The van der Waals surface area contributed by atoms with Crippen molar-refractivity contribution in [3.05, 3.63) is 77.3 Å². The predicted octanol–water partition coefficient (Wildman–Crippen LogP) is 4.13. The van der Waals surface area contributed by atoms with Crippen LogP contribution >= 0.6 is 0 Å². The van der Waals surface area contributed by atoms with E-state index >= 15 is 0 Å². The quantitative estimate of drug-likeness (QED) is 0.402. The Morgan fingerprint density at radius 3 is 2.85 bits per heavy atom. The van der Waals surface area contributed by atoms with Crippen LogP contribution in [-0.4, -0.2) is 31.7 Å². The van der Waals surface area contributed by atoms with Gasteiger partial charge < -0.3 is 16.2 Å². The van der Waals surface area contributed by atoms with E-state index in [1.807, 2.05) is 0 Å². The van der Waals surface area contributed by atoms with E-state index in [0.29, 0.717) is 24.1 Å². The molecule has 0 aliphatic heterocycles. The first kappa shape index (κ1) is 22.6. The molecule has 34 heavy (non-hydrogen) atoms. The molecule has 0 spiro atoms. The lowest BCUT2D eigenvalue weighted by atomic mass is 10.1. The van der Waals surface area contributed by atoms with Crippen molar-refractivity contribution in [2.24, 2.45) is 15.8 Å². The predicted molar refractivity (Wildman–Crippen MR) is 123 cm³/mol. The van der Waals surface area contributed by atoms with Crippen molar-refractivity contribution in [1.29, 1.82) is 5.53 Å². The zero-order valence-corrected chi connectivity index (χ0v) is 18.0. The number of hydrogen-bond acceptors (Lipinski definition) is 9. The van der Waals surface area contributed by atoms with Crippen LogP contribution in [0.3, 0.4) is 0 Å². The maximum atomic E-state index is 13.9. The summed E-state index contributed by atoms with van der Waals surface area (Å²) in [4.78, 5) is 28.8. The SMILES string of the molecule is N=NC(=O)c1cnccc1Nc1nc(C(N)=C2CCCC2=NCc2ccccc2F)ncc1O. The van der Waals surface area contributed by atoms with Crippen LogP contribution in [0, 0.1) is 11.3 Å². The van der Waals surface area contributed by atoms with E-state index in [2.05, 4.69) is 30.4 Å². The summed E-state index contributed by atoms with van der Waals surface area (Å²) in [6, 6.07) is 7.97. The van der Waals surface area contributed by atoms with E-state index in [4.69, 9.17) is 11.3 Å². The van der Waals surface area contributed by atoms with E-state index in [0.717, 1.165) is 17.7 Å². The topological polar surface area (TPSA) is 163 Å². The molecule has 10 nitrogen and oxygen atoms in total. The Labute approximate surface area is 194 Å². The van der Waals surface area contributed by atoms with E-state index in [1.165, 1.54) is 30.7 Å². The molecule has 2 aromatic heterocycles. The zero-order chi connectivity index (χ0) is 24.1. The minimum atomic E-state index is -0.798. The largest absolute Gasteiger partial charge is 0.503 e. The number of nitrogens with zero attached hydrogens (tertiary/aromatic N) is 5. The highest BCUT2D eigenvalue weighted by Crippen LogP contribution is 2.30. The van der Waals surface area contributed by atoms with E-state index in [-0.39, 0.29) is 41.0 Å². The number of allylic oxidation sites excluding steroid dienone is 1. The maximum absolute atomic E-state index is 13.9. The van der Waals surface area contributed by atoms with Crippen molar-refractivity contribution in [3.8, 4) is 5.75 Å². The molecule has 2 heterocycles. The number of amides is 1. The molecule has 0 saturated heterocycles. The molecule has 1 saturated carbocycles. The molecule has 0 bridgehead atoms. The van der Waals surface area contributed by atoms with Crippen LogP contribution in [0.2, 0.25) is 0 Å². The van der Waals surface area contributed by atoms with Crippen molar-refractivity contribution in [2.75, 3.05) is 5.32 Å². The number of aromatic nitrogens is 3. The summed E-state index contributed by atoms with van der Waals surface area (Å²) in [7, 11) is 0. The average molecular weight is 460 g/mol. The monoisotopic (exact) mass is 460 g/mol. The Morgan fingerprint density at radius 2 is 2.06 bits per heavy atom. The highest BCUT2D eigenvalue weighted by atomic mass is 19.1. The van der Waals surface area contributed by atoms with Crippen molar-refractivity contribution in [1.82, 2.24) is 15.0 Å². The van der Waals surface area contributed by atoms with Crippen LogP contribution in [0.4, 0.5) is 15.9 Å². The highest BCUT2D eigenvalue weighted by Gasteiger charge is 2.22. The molecule has 3 aromatic rings. The van der Waals surface area contributed by atoms with Gasteiger partial charge in [0.1, 0.15) is 5.82 Å². The maximum Gasteiger partial charge on any atom is 0.298 e. The fourth-order valence-corrected chi connectivity index (χ4v) is 3.59. The molecule has 172 valence electrons. The molecular weight excluding hydrogens is 439 g/mol. The first-order valence-electron chi connectivity index (χ1n) is 10.4. The number of rotatable bonds is 6. The van der Waals surface area contributed by atoms with Crippen LogP contribution < -0.4 is 11.1 Å². The van der Waals surface area contributed by atoms with E-state index in [9.17, 15) is 14.3 Å². The number of nitrogens with two attached hydrogens (primary N) is 1. The normalized spacial score (nSPS) is 15.9. The molecule has 1 fully saturated rings. The van der Waals surface area contributed by atoms with Gasteiger partial charge in [-0.05, 0) is 37.0 Å². The Hall–Kier alpha value is -4.54. The van der Waals surface area contributed by atoms with E-state index < -0.39 is 5.91 Å². The molecule has 1 aromatic carbocycles. The number of benzene rings is 1. The molecule has 1 aliphatic carbocycles. The van der Waals surface area contributed by atoms with Gasteiger partial charge in [0.25, 0.3) is 5.91 Å². The summed E-state index contributed by atoms with van der Waals surface area (Å²) in [5, 5.41) is 16.0. The lowest BCUT2D eigenvalue weighted by Gasteiger charge is -2.12. The molecule has 11 heteroatoms. The molecule has 0 radical (unpaired) electrons. The number of aromatic hydroxyl groups is 1. The third-order valence-corrected chi connectivity index (χ3v) is 5.33. The minimum Gasteiger partial charge on any atom is -0.503 e. The summed E-state index contributed by atoms with van der Waals surface area (Å²) in [6.45, 7) is 0.196. The number of carbonyl (C=O) groups excluding carboxylic acids is 1. The third kappa shape index (κ3) is 4.77. The van der Waals surface area contributed by atoms with Crippen molar-refractivity contribution in [2.45, 2.75) is 25.8 Å². The number of aliphatic imine (C=N–C) groups is 1. The van der Waals surface area contributed by atoms with Gasteiger partial charge in [-0.15, -0.1) is 5.11 Å². The lowest BCUT2D eigenvalue weighted by Crippen LogP contribution is -2.11. The van der Waals surface area contributed by atoms with Crippen LogP contribution in [0.5, 0.6) is 5.75 Å². The lowest BCUT2D eigenvalue weighted by molar-refractivity contribution is 0.0991. The van der Waals surface area contributed by atoms with Crippen molar-refractivity contribution >= 4 is 28.8 Å². The Balaban J connectivity index is 1.64.